The number of carbonyl (C=O) groups excluding carboxylic acids is 1. The molecule has 0 unspecified atom stereocenters. The van der Waals surface area contributed by atoms with E-state index in [-0.39, 0.29) is 0 Å². The fourth-order valence-electron chi connectivity index (χ4n) is 2.44. The number of aryl methyl sites for hydroxylation is 2. The molecule has 0 spiro atoms. The molecule has 0 aliphatic rings. The Hall–Kier alpha value is -2.01. The minimum absolute atomic E-state index is 0.532. The van der Waals surface area contributed by atoms with Gasteiger partial charge in [0.05, 0.1) is 0 Å². The van der Waals surface area contributed by atoms with Gasteiger partial charge in [0, 0.05) is 12.0 Å². The van der Waals surface area contributed by atoms with E-state index >= 15 is 0 Å². The van der Waals surface area contributed by atoms with Gasteiger partial charge in [-0.1, -0.05) is 37.3 Å². The molecule has 1 aromatic carbocycles. The normalized spacial score (nSPS) is 11.5. The number of hydrogen-bond acceptors (Lipinski definition) is 4. The van der Waals surface area contributed by atoms with Crippen molar-refractivity contribution in [3.8, 4) is 11.3 Å². The van der Waals surface area contributed by atoms with Gasteiger partial charge >= 0.3 is 0 Å². The van der Waals surface area contributed by atoms with Gasteiger partial charge in [0.25, 0.3) is 0 Å². The van der Waals surface area contributed by atoms with Crippen LogP contribution in [0.25, 0.3) is 16.2 Å². The van der Waals surface area contributed by atoms with Crippen molar-refractivity contribution < 1.29 is 4.79 Å². The molecule has 0 aliphatic heterocycles. The fraction of sp³-hybridized carbons (Fsp3) is 0.353. The van der Waals surface area contributed by atoms with Crippen LogP contribution in [0.1, 0.15) is 40.5 Å². The lowest BCUT2D eigenvalue weighted by atomic mass is 10.0. The number of nitrogens with zero attached hydrogens (tertiary/aromatic N) is 3. The second kappa shape index (κ2) is 5.65. The van der Waals surface area contributed by atoms with Gasteiger partial charge in [0.15, 0.2) is 6.29 Å². The zero-order chi connectivity index (χ0) is 15.9. The summed E-state index contributed by atoms with van der Waals surface area (Å²) in [4.78, 5) is 17.0. The molecule has 2 heterocycles. The van der Waals surface area contributed by atoms with Crippen molar-refractivity contribution in [1.82, 2.24) is 14.6 Å². The van der Waals surface area contributed by atoms with Crippen LogP contribution in [-0.4, -0.2) is 20.9 Å². The molecule has 0 N–H and O–H groups in total. The highest BCUT2D eigenvalue weighted by Crippen LogP contribution is 2.28. The van der Waals surface area contributed by atoms with Crippen molar-refractivity contribution >= 4 is 22.6 Å². The second-order valence-corrected chi connectivity index (χ2v) is 7.09. The lowest BCUT2D eigenvalue weighted by Gasteiger charge is -2.03. The molecule has 4 nitrogen and oxygen atoms in total. The van der Waals surface area contributed by atoms with Crippen LogP contribution in [0.4, 0.5) is 0 Å². The summed E-state index contributed by atoms with van der Waals surface area (Å²) >= 11 is 1.56. The van der Waals surface area contributed by atoms with Gasteiger partial charge in [0.2, 0.25) is 4.96 Å². The Morgan fingerprint density at radius 1 is 1.27 bits per heavy atom. The van der Waals surface area contributed by atoms with Crippen LogP contribution in [0, 0.1) is 19.8 Å². The first-order valence-corrected chi connectivity index (χ1v) is 8.22. The van der Waals surface area contributed by atoms with Crippen molar-refractivity contribution in [2.75, 3.05) is 0 Å². The van der Waals surface area contributed by atoms with Gasteiger partial charge in [-0.25, -0.2) is 4.98 Å². The quantitative estimate of drug-likeness (QED) is 0.682. The summed E-state index contributed by atoms with van der Waals surface area (Å²) in [5, 5.41) is 5.57. The predicted molar refractivity (Wildman–Crippen MR) is 89.7 cm³/mol. The molecule has 5 heteroatoms. The molecule has 0 bridgehead atoms. The summed E-state index contributed by atoms with van der Waals surface area (Å²) in [7, 11) is 0. The lowest BCUT2D eigenvalue weighted by molar-refractivity contribution is 0.111. The average Bonchev–Trinajstić information content (AvgIpc) is 2.97. The van der Waals surface area contributed by atoms with E-state index in [9.17, 15) is 4.79 Å². The maximum Gasteiger partial charge on any atom is 0.213 e. The number of rotatable bonds is 4. The Morgan fingerprint density at radius 3 is 2.68 bits per heavy atom. The summed E-state index contributed by atoms with van der Waals surface area (Å²) in [6, 6.07) is 6.14. The molecule has 0 saturated heterocycles. The summed E-state index contributed by atoms with van der Waals surface area (Å²) < 4.78 is 1.68. The van der Waals surface area contributed by atoms with E-state index in [0.29, 0.717) is 17.3 Å². The van der Waals surface area contributed by atoms with Crippen molar-refractivity contribution in [2.24, 2.45) is 5.92 Å². The monoisotopic (exact) mass is 313 g/mol. The number of aldehydes is 1. The van der Waals surface area contributed by atoms with Crippen LogP contribution in [0.2, 0.25) is 0 Å². The van der Waals surface area contributed by atoms with E-state index in [1.807, 2.05) is 6.07 Å². The van der Waals surface area contributed by atoms with Crippen LogP contribution in [0.5, 0.6) is 0 Å². The first-order chi connectivity index (χ1) is 10.5. The molecule has 114 valence electrons. The third-order valence-electron chi connectivity index (χ3n) is 3.75. The lowest BCUT2D eigenvalue weighted by Crippen LogP contribution is -1.98. The maximum atomic E-state index is 11.6. The van der Waals surface area contributed by atoms with Crippen molar-refractivity contribution in [1.29, 1.82) is 0 Å². The Kier molecular flexibility index (Phi) is 3.83. The van der Waals surface area contributed by atoms with Crippen LogP contribution in [0.3, 0.4) is 0 Å². The second-order valence-electron chi connectivity index (χ2n) is 6.05. The first-order valence-electron chi connectivity index (χ1n) is 7.41. The Morgan fingerprint density at radius 2 is 2.05 bits per heavy atom. The third kappa shape index (κ3) is 2.57. The molecule has 0 amide bonds. The van der Waals surface area contributed by atoms with Gasteiger partial charge in [-0.2, -0.15) is 9.61 Å². The number of imidazole rings is 1. The molecule has 0 saturated carbocycles. The van der Waals surface area contributed by atoms with E-state index in [2.05, 4.69) is 49.9 Å². The summed E-state index contributed by atoms with van der Waals surface area (Å²) in [5.41, 5.74) is 4.64. The molecule has 3 aromatic rings. The Balaban J connectivity index is 2.12. The highest BCUT2D eigenvalue weighted by atomic mass is 32.1. The minimum atomic E-state index is 0.532. The van der Waals surface area contributed by atoms with Gasteiger partial charge in [-0.05, 0) is 37.0 Å². The predicted octanol–water partition coefficient (Wildman–Crippen LogP) is 4.09. The standard InChI is InChI=1S/C17H19N3OS/c1-10(2)7-15-19-20-14(9-21)16(18-17(20)22-15)13-6-5-11(3)12(4)8-13/h5-6,8-10H,7H2,1-4H3. The van der Waals surface area contributed by atoms with Crippen molar-refractivity contribution in [2.45, 2.75) is 34.1 Å². The maximum absolute atomic E-state index is 11.6. The van der Waals surface area contributed by atoms with E-state index in [4.69, 9.17) is 0 Å². The number of benzene rings is 1. The third-order valence-corrected chi connectivity index (χ3v) is 4.69. The van der Waals surface area contributed by atoms with Crippen LogP contribution < -0.4 is 0 Å². The number of fused-ring (bicyclic) bond motifs is 1. The van der Waals surface area contributed by atoms with Gasteiger partial charge < -0.3 is 0 Å². The topological polar surface area (TPSA) is 47.3 Å². The van der Waals surface area contributed by atoms with E-state index < -0.39 is 0 Å². The molecular weight excluding hydrogens is 294 g/mol. The Bertz CT molecular complexity index is 845. The number of hydrogen-bond donors (Lipinski definition) is 0. The Labute approximate surface area is 133 Å². The van der Waals surface area contributed by atoms with Crippen molar-refractivity contribution in [3.63, 3.8) is 0 Å². The molecule has 2 aromatic heterocycles. The summed E-state index contributed by atoms with van der Waals surface area (Å²) in [6.45, 7) is 8.46. The fourth-order valence-corrected chi connectivity index (χ4v) is 3.55. The van der Waals surface area contributed by atoms with Gasteiger partial charge in [0.1, 0.15) is 16.4 Å². The zero-order valence-electron chi connectivity index (χ0n) is 13.3. The summed E-state index contributed by atoms with van der Waals surface area (Å²) in [6.07, 6.45) is 1.76. The number of carbonyl (C=O) groups is 1. The molecule has 0 atom stereocenters. The highest BCUT2D eigenvalue weighted by Gasteiger charge is 2.18. The molecule has 0 radical (unpaired) electrons. The van der Waals surface area contributed by atoms with Crippen LogP contribution in [0.15, 0.2) is 18.2 Å². The zero-order valence-corrected chi connectivity index (χ0v) is 14.1. The van der Waals surface area contributed by atoms with E-state index in [0.717, 1.165) is 28.2 Å². The number of aromatic nitrogens is 3. The minimum Gasteiger partial charge on any atom is -0.296 e. The van der Waals surface area contributed by atoms with Gasteiger partial charge in [-0.3, -0.25) is 4.79 Å². The highest BCUT2D eigenvalue weighted by molar-refractivity contribution is 7.16. The van der Waals surface area contributed by atoms with Gasteiger partial charge in [-0.15, -0.1) is 0 Å². The van der Waals surface area contributed by atoms with Crippen LogP contribution in [-0.2, 0) is 6.42 Å². The molecule has 3 rings (SSSR count). The summed E-state index contributed by atoms with van der Waals surface area (Å²) in [5.74, 6) is 0.537. The SMILES string of the molecule is Cc1ccc(-c2nc3sc(CC(C)C)nn3c2C=O)cc1C. The largest absolute Gasteiger partial charge is 0.296 e. The first kappa shape index (κ1) is 14.9. The van der Waals surface area contributed by atoms with Crippen molar-refractivity contribution in [3.05, 3.63) is 40.0 Å². The smallest absolute Gasteiger partial charge is 0.213 e. The molecular formula is C17H19N3OS. The molecule has 22 heavy (non-hydrogen) atoms. The van der Waals surface area contributed by atoms with Crippen LogP contribution >= 0.6 is 11.3 Å². The van der Waals surface area contributed by atoms with E-state index in [1.165, 1.54) is 11.1 Å². The average molecular weight is 313 g/mol. The molecule has 0 fully saturated rings. The molecule has 0 aliphatic carbocycles. The van der Waals surface area contributed by atoms with E-state index in [1.54, 1.807) is 15.9 Å².